The van der Waals surface area contributed by atoms with Crippen molar-refractivity contribution < 1.29 is 9.90 Å². The Morgan fingerprint density at radius 2 is 2.09 bits per heavy atom. The molecule has 1 aliphatic rings. The van der Waals surface area contributed by atoms with Gasteiger partial charge in [0.2, 0.25) is 0 Å². The first kappa shape index (κ1) is 13.6. The summed E-state index contributed by atoms with van der Waals surface area (Å²) in [6, 6.07) is -0.397. The molecule has 0 aromatic carbocycles. The topological polar surface area (TPSA) is 75.3 Å². The molecule has 0 spiro atoms. The molecule has 0 aromatic rings. The molecule has 1 fully saturated rings. The van der Waals surface area contributed by atoms with Crippen LogP contribution in [0.3, 0.4) is 0 Å². The average Bonchev–Trinajstić information content (AvgIpc) is 2.14. The van der Waals surface area contributed by atoms with Gasteiger partial charge in [-0.2, -0.15) is 0 Å². The lowest BCUT2D eigenvalue weighted by molar-refractivity contribution is -0.139. The Morgan fingerprint density at radius 1 is 1.55 bits per heavy atom. The third kappa shape index (κ3) is 3.76. The molecule has 0 aromatic heterocycles. The van der Waals surface area contributed by atoms with Crippen LogP contribution in [-0.4, -0.2) is 29.7 Å². The van der Waals surface area contributed by atoms with Crippen LogP contribution in [0.4, 0.5) is 0 Å². The summed E-state index contributed by atoms with van der Waals surface area (Å²) in [6.45, 7) is 0.622. The fraction of sp³-hybridized carbons (Fsp3) is 0.800. The van der Waals surface area contributed by atoms with Gasteiger partial charge in [-0.15, -0.1) is 24.8 Å². The van der Waals surface area contributed by atoms with Gasteiger partial charge >= 0.3 is 5.97 Å². The monoisotopic (exact) mass is 202 g/mol. The molecule has 0 amide bonds. The van der Waals surface area contributed by atoms with Gasteiger partial charge in [0.15, 0.2) is 0 Å². The van der Waals surface area contributed by atoms with Crippen molar-refractivity contribution in [2.24, 2.45) is 5.73 Å². The molecular formula is C5H12Cl2N2O2. The van der Waals surface area contributed by atoms with Gasteiger partial charge in [-0.25, -0.2) is 0 Å². The smallest absolute Gasteiger partial charge is 0.320 e. The van der Waals surface area contributed by atoms with Gasteiger partial charge in [0, 0.05) is 12.6 Å². The summed E-state index contributed by atoms with van der Waals surface area (Å²) in [5.74, 6) is -0.803. The Hall–Kier alpha value is -0.0300. The summed E-state index contributed by atoms with van der Waals surface area (Å²) >= 11 is 0. The van der Waals surface area contributed by atoms with E-state index in [-0.39, 0.29) is 30.9 Å². The van der Waals surface area contributed by atoms with Crippen molar-refractivity contribution in [2.75, 3.05) is 6.54 Å². The van der Waals surface area contributed by atoms with Crippen molar-refractivity contribution >= 4 is 30.8 Å². The lowest BCUT2D eigenvalue weighted by Crippen LogP contribution is -2.30. The van der Waals surface area contributed by atoms with Crippen molar-refractivity contribution in [1.29, 1.82) is 0 Å². The van der Waals surface area contributed by atoms with Gasteiger partial charge in [0.25, 0.3) is 0 Å². The van der Waals surface area contributed by atoms with Gasteiger partial charge in [0.05, 0.1) is 0 Å². The zero-order valence-corrected chi connectivity index (χ0v) is 7.45. The van der Waals surface area contributed by atoms with Crippen molar-refractivity contribution in [2.45, 2.75) is 18.5 Å². The molecule has 0 radical (unpaired) electrons. The van der Waals surface area contributed by atoms with Crippen LogP contribution < -0.4 is 11.1 Å². The fourth-order valence-electron chi connectivity index (χ4n) is 0.951. The van der Waals surface area contributed by atoms with E-state index in [4.69, 9.17) is 10.8 Å². The van der Waals surface area contributed by atoms with E-state index < -0.39 is 12.0 Å². The number of aliphatic carboxylic acids is 1. The lowest BCUT2D eigenvalue weighted by Gasteiger charge is -2.00. The maximum absolute atomic E-state index is 10.2. The van der Waals surface area contributed by atoms with Crippen LogP contribution in [0.15, 0.2) is 0 Å². The normalized spacial score (nSPS) is 28.5. The predicted octanol–water partition coefficient (Wildman–Crippen LogP) is -0.396. The molecule has 1 saturated heterocycles. The van der Waals surface area contributed by atoms with Crippen LogP contribution in [-0.2, 0) is 4.79 Å². The second-order valence-electron chi connectivity index (χ2n) is 2.29. The zero-order valence-electron chi connectivity index (χ0n) is 5.82. The van der Waals surface area contributed by atoms with Gasteiger partial charge in [0.1, 0.15) is 6.04 Å². The largest absolute Gasteiger partial charge is 0.480 e. The van der Waals surface area contributed by atoms with E-state index in [9.17, 15) is 4.79 Å². The van der Waals surface area contributed by atoms with Gasteiger partial charge in [-0.05, 0) is 6.42 Å². The number of carboxylic acids is 1. The quantitative estimate of drug-likeness (QED) is 0.542. The summed E-state index contributed by atoms with van der Waals surface area (Å²) in [5, 5.41) is 11.2. The molecule has 11 heavy (non-hydrogen) atoms. The molecule has 2 atom stereocenters. The van der Waals surface area contributed by atoms with Crippen molar-refractivity contribution in [1.82, 2.24) is 5.32 Å². The van der Waals surface area contributed by atoms with Crippen LogP contribution in [0.2, 0.25) is 0 Å². The van der Waals surface area contributed by atoms with E-state index in [0.717, 1.165) is 0 Å². The first-order valence-electron chi connectivity index (χ1n) is 2.92. The molecule has 1 rings (SSSR count). The highest BCUT2D eigenvalue weighted by molar-refractivity contribution is 5.85. The van der Waals surface area contributed by atoms with Gasteiger partial charge < -0.3 is 16.2 Å². The van der Waals surface area contributed by atoms with E-state index in [1.54, 1.807) is 0 Å². The first-order valence-corrected chi connectivity index (χ1v) is 2.92. The number of carboxylic acid groups (broad SMARTS) is 1. The van der Waals surface area contributed by atoms with Crippen LogP contribution in [0.5, 0.6) is 0 Å². The summed E-state index contributed by atoms with van der Waals surface area (Å²) in [5.41, 5.74) is 5.44. The van der Waals surface area contributed by atoms with Crippen LogP contribution in [0.1, 0.15) is 6.42 Å². The number of nitrogens with two attached hydrogens (primary N) is 1. The molecule has 0 saturated carbocycles. The SMILES string of the molecule is Cl.Cl.N[C@@H]1CN[C@@H](C(=O)O)C1. The highest BCUT2D eigenvalue weighted by Crippen LogP contribution is 2.03. The number of rotatable bonds is 1. The summed E-state index contributed by atoms with van der Waals surface area (Å²) in [6.07, 6.45) is 0.551. The van der Waals surface area contributed by atoms with E-state index in [0.29, 0.717) is 13.0 Å². The molecule has 0 unspecified atom stereocenters. The minimum Gasteiger partial charge on any atom is -0.480 e. The highest BCUT2D eigenvalue weighted by atomic mass is 35.5. The number of hydrogen-bond acceptors (Lipinski definition) is 3. The minimum atomic E-state index is -0.803. The zero-order chi connectivity index (χ0) is 6.85. The summed E-state index contributed by atoms with van der Waals surface area (Å²) in [7, 11) is 0. The molecule has 1 aliphatic heterocycles. The molecule has 4 N–H and O–H groups in total. The molecule has 4 nitrogen and oxygen atoms in total. The Balaban J connectivity index is 0. The third-order valence-electron chi connectivity index (χ3n) is 1.46. The summed E-state index contributed by atoms with van der Waals surface area (Å²) in [4.78, 5) is 10.2. The van der Waals surface area contributed by atoms with Crippen molar-refractivity contribution in [3.63, 3.8) is 0 Å². The first-order chi connectivity index (χ1) is 4.20. The standard InChI is InChI=1S/C5H10N2O2.2ClH/c6-3-1-4(5(8)9)7-2-3;;/h3-4,7H,1-2,6H2,(H,8,9);2*1H/t3-,4+;;/m0../s1. The molecular weight excluding hydrogens is 191 g/mol. The number of hydrogen-bond donors (Lipinski definition) is 3. The maximum Gasteiger partial charge on any atom is 0.320 e. The molecule has 0 aliphatic carbocycles. The van der Waals surface area contributed by atoms with E-state index in [1.807, 2.05) is 0 Å². The minimum absolute atomic E-state index is 0. The third-order valence-corrected chi connectivity index (χ3v) is 1.46. The van der Waals surface area contributed by atoms with Gasteiger partial charge in [-0.1, -0.05) is 0 Å². The van der Waals surface area contributed by atoms with Crippen molar-refractivity contribution in [3.8, 4) is 0 Å². The van der Waals surface area contributed by atoms with E-state index >= 15 is 0 Å². The number of nitrogens with one attached hydrogen (secondary N) is 1. The lowest BCUT2D eigenvalue weighted by atomic mass is 10.2. The Bertz CT molecular complexity index is 134. The second-order valence-corrected chi connectivity index (χ2v) is 2.29. The Labute approximate surface area is 77.3 Å². The highest BCUT2D eigenvalue weighted by Gasteiger charge is 2.26. The molecule has 0 bridgehead atoms. The fourth-order valence-corrected chi connectivity index (χ4v) is 0.951. The summed E-state index contributed by atoms with van der Waals surface area (Å²) < 4.78 is 0. The van der Waals surface area contributed by atoms with Crippen LogP contribution in [0.25, 0.3) is 0 Å². The van der Waals surface area contributed by atoms with Crippen LogP contribution >= 0.6 is 24.8 Å². The van der Waals surface area contributed by atoms with E-state index in [1.165, 1.54) is 0 Å². The maximum atomic E-state index is 10.2. The number of carbonyl (C=O) groups is 1. The van der Waals surface area contributed by atoms with Crippen LogP contribution in [0, 0.1) is 0 Å². The molecule has 1 heterocycles. The van der Waals surface area contributed by atoms with Gasteiger partial charge in [-0.3, -0.25) is 4.79 Å². The van der Waals surface area contributed by atoms with Crippen molar-refractivity contribution in [3.05, 3.63) is 0 Å². The van der Waals surface area contributed by atoms with E-state index in [2.05, 4.69) is 5.32 Å². The second kappa shape index (κ2) is 5.60. The number of halogens is 2. The average molecular weight is 203 g/mol. The Morgan fingerprint density at radius 3 is 2.27 bits per heavy atom. The predicted molar refractivity (Wildman–Crippen MR) is 46.5 cm³/mol. The molecule has 68 valence electrons. The Kier molecular flexibility index (Phi) is 6.90. The molecule has 6 heteroatoms.